The lowest BCUT2D eigenvalue weighted by Crippen LogP contribution is -2.36. The van der Waals surface area contributed by atoms with Crippen LogP contribution in [-0.4, -0.2) is 61.9 Å². The number of anilines is 2. The van der Waals surface area contributed by atoms with Crippen LogP contribution in [0.1, 0.15) is 30.9 Å². The average molecular weight is 495 g/mol. The molecule has 5 rings (SSSR count). The van der Waals surface area contributed by atoms with Crippen molar-refractivity contribution in [3.63, 3.8) is 0 Å². The molecule has 0 spiro atoms. The van der Waals surface area contributed by atoms with Gasteiger partial charge in [0.15, 0.2) is 5.17 Å². The lowest BCUT2D eigenvalue weighted by atomic mass is 10.1. The fraction of sp³-hybridized carbons (Fsp3) is 0.407. The number of hydrogen-bond acceptors (Lipinski definition) is 6. The van der Waals surface area contributed by atoms with Crippen molar-refractivity contribution in [3.05, 3.63) is 58.2 Å². The standard InChI is InChI=1S/C27H31FN4O2S/c1-3-32-26(33)25(18-20-17-23(28)24(16-19(20)2)31-10-4-5-11-31)35-27(32)29-21-6-8-22(9-7-21)30-12-14-34-15-13-30/h6-9,16-18H,3-5,10-15H2,1-2H3/b25-18-,29-27?. The van der Waals surface area contributed by atoms with Crippen molar-refractivity contribution < 1.29 is 13.9 Å². The number of hydrogen-bond donors (Lipinski definition) is 0. The summed E-state index contributed by atoms with van der Waals surface area (Å²) >= 11 is 1.35. The second-order valence-corrected chi connectivity index (χ2v) is 10.0. The first-order chi connectivity index (χ1) is 17.0. The lowest BCUT2D eigenvalue weighted by Gasteiger charge is -2.28. The molecule has 3 aliphatic heterocycles. The second-order valence-electron chi connectivity index (χ2n) is 9.02. The van der Waals surface area contributed by atoms with Crippen LogP contribution in [0.4, 0.5) is 21.5 Å². The molecule has 1 amide bonds. The highest BCUT2D eigenvalue weighted by Crippen LogP contribution is 2.36. The van der Waals surface area contributed by atoms with Gasteiger partial charge in [-0.2, -0.15) is 0 Å². The van der Waals surface area contributed by atoms with Gasteiger partial charge in [0, 0.05) is 38.4 Å². The summed E-state index contributed by atoms with van der Waals surface area (Å²) in [7, 11) is 0. The van der Waals surface area contributed by atoms with E-state index in [9.17, 15) is 9.18 Å². The molecule has 3 saturated heterocycles. The van der Waals surface area contributed by atoms with Crippen LogP contribution in [0.5, 0.6) is 0 Å². The van der Waals surface area contributed by atoms with Crippen molar-refractivity contribution in [1.29, 1.82) is 0 Å². The Kier molecular flexibility index (Phi) is 7.11. The molecule has 0 N–H and O–H groups in total. The second kappa shape index (κ2) is 10.4. The van der Waals surface area contributed by atoms with Crippen LogP contribution in [-0.2, 0) is 9.53 Å². The molecule has 8 heteroatoms. The number of nitrogens with zero attached hydrogens (tertiary/aromatic N) is 4. The summed E-state index contributed by atoms with van der Waals surface area (Å²) < 4.78 is 20.4. The first kappa shape index (κ1) is 23.9. The molecule has 2 aromatic rings. The van der Waals surface area contributed by atoms with Gasteiger partial charge in [0.1, 0.15) is 5.82 Å². The number of thioether (sulfide) groups is 1. The van der Waals surface area contributed by atoms with Crippen molar-refractivity contribution in [2.24, 2.45) is 4.99 Å². The minimum absolute atomic E-state index is 0.0929. The van der Waals surface area contributed by atoms with E-state index in [1.54, 1.807) is 17.0 Å². The molecule has 0 aliphatic carbocycles. The zero-order valence-electron chi connectivity index (χ0n) is 20.3. The van der Waals surface area contributed by atoms with E-state index in [4.69, 9.17) is 9.73 Å². The van der Waals surface area contributed by atoms with E-state index in [1.165, 1.54) is 11.8 Å². The van der Waals surface area contributed by atoms with E-state index in [-0.39, 0.29) is 11.7 Å². The molecule has 6 nitrogen and oxygen atoms in total. The monoisotopic (exact) mass is 494 g/mol. The molecule has 0 aromatic heterocycles. The summed E-state index contributed by atoms with van der Waals surface area (Å²) in [6.07, 6.45) is 3.99. The van der Waals surface area contributed by atoms with Crippen LogP contribution < -0.4 is 9.80 Å². The molecule has 2 aromatic carbocycles. The van der Waals surface area contributed by atoms with Crippen molar-refractivity contribution in [2.75, 3.05) is 55.7 Å². The Morgan fingerprint density at radius 2 is 1.77 bits per heavy atom. The maximum atomic E-state index is 14.9. The van der Waals surface area contributed by atoms with Crippen LogP contribution in [0.2, 0.25) is 0 Å². The number of carbonyl (C=O) groups is 1. The number of rotatable bonds is 5. The van der Waals surface area contributed by atoms with Gasteiger partial charge in [-0.1, -0.05) is 0 Å². The predicted molar refractivity (Wildman–Crippen MR) is 142 cm³/mol. The number of benzene rings is 2. The molecule has 3 aliphatic rings. The van der Waals surface area contributed by atoms with Gasteiger partial charge in [-0.25, -0.2) is 9.38 Å². The van der Waals surface area contributed by atoms with Gasteiger partial charge in [0.05, 0.1) is 29.5 Å². The predicted octanol–water partition coefficient (Wildman–Crippen LogP) is 5.19. The molecule has 0 saturated carbocycles. The summed E-state index contributed by atoms with van der Waals surface area (Å²) in [5.41, 5.74) is 4.30. The normalized spacial score (nSPS) is 21.1. The Morgan fingerprint density at radius 1 is 1.06 bits per heavy atom. The van der Waals surface area contributed by atoms with E-state index >= 15 is 0 Å². The van der Waals surface area contributed by atoms with Crippen molar-refractivity contribution in [3.8, 4) is 0 Å². The highest BCUT2D eigenvalue weighted by molar-refractivity contribution is 8.18. The lowest BCUT2D eigenvalue weighted by molar-refractivity contribution is -0.122. The van der Waals surface area contributed by atoms with Crippen LogP contribution >= 0.6 is 11.8 Å². The van der Waals surface area contributed by atoms with E-state index in [2.05, 4.69) is 21.9 Å². The summed E-state index contributed by atoms with van der Waals surface area (Å²) in [5.74, 6) is -0.328. The number of amidine groups is 1. The van der Waals surface area contributed by atoms with Crippen LogP contribution in [0.25, 0.3) is 6.08 Å². The number of ether oxygens (including phenoxy) is 1. The minimum Gasteiger partial charge on any atom is -0.378 e. The first-order valence-electron chi connectivity index (χ1n) is 12.3. The largest absolute Gasteiger partial charge is 0.378 e. The maximum absolute atomic E-state index is 14.9. The first-order valence-corrected chi connectivity index (χ1v) is 13.1. The molecule has 184 valence electrons. The number of carbonyl (C=O) groups excluding carboxylic acids is 1. The summed E-state index contributed by atoms with van der Waals surface area (Å²) in [4.78, 5) is 24.5. The number of morpholine rings is 1. The quantitative estimate of drug-likeness (QED) is 0.535. The van der Waals surface area contributed by atoms with Gasteiger partial charge in [0.25, 0.3) is 5.91 Å². The minimum atomic E-state index is -0.235. The van der Waals surface area contributed by atoms with Crippen LogP contribution in [0.3, 0.4) is 0 Å². The average Bonchev–Trinajstić information content (AvgIpc) is 3.51. The molecular formula is C27H31FN4O2S. The fourth-order valence-electron chi connectivity index (χ4n) is 4.72. The van der Waals surface area contributed by atoms with Gasteiger partial charge < -0.3 is 14.5 Å². The Morgan fingerprint density at radius 3 is 2.46 bits per heavy atom. The van der Waals surface area contributed by atoms with Gasteiger partial charge in [0.2, 0.25) is 0 Å². The molecular weight excluding hydrogens is 463 g/mol. The molecule has 35 heavy (non-hydrogen) atoms. The third-order valence-electron chi connectivity index (χ3n) is 6.72. The van der Waals surface area contributed by atoms with Gasteiger partial charge >= 0.3 is 0 Å². The molecule has 0 bridgehead atoms. The summed E-state index contributed by atoms with van der Waals surface area (Å²) in [6, 6.07) is 11.5. The van der Waals surface area contributed by atoms with Crippen LogP contribution in [0, 0.1) is 12.7 Å². The highest BCUT2D eigenvalue weighted by Gasteiger charge is 2.32. The molecule has 0 unspecified atom stereocenters. The van der Waals surface area contributed by atoms with E-state index in [1.807, 2.05) is 32.0 Å². The molecule has 0 atom stereocenters. The third kappa shape index (κ3) is 5.09. The molecule has 0 radical (unpaired) electrons. The Balaban J connectivity index is 1.37. The van der Waals surface area contributed by atoms with Gasteiger partial charge in [-0.3, -0.25) is 9.69 Å². The summed E-state index contributed by atoms with van der Waals surface area (Å²) in [6.45, 7) is 9.47. The number of aryl methyl sites for hydroxylation is 1. The topological polar surface area (TPSA) is 48.4 Å². The van der Waals surface area contributed by atoms with Crippen molar-refractivity contribution >= 4 is 46.0 Å². The Hall–Kier alpha value is -2.84. The highest BCUT2D eigenvalue weighted by atomic mass is 32.2. The number of halogens is 1. The Labute approximate surface area is 210 Å². The van der Waals surface area contributed by atoms with Crippen molar-refractivity contribution in [1.82, 2.24) is 4.90 Å². The van der Waals surface area contributed by atoms with Crippen molar-refractivity contribution in [2.45, 2.75) is 26.7 Å². The van der Waals surface area contributed by atoms with E-state index in [0.29, 0.717) is 22.3 Å². The molecule has 3 fully saturated rings. The van der Waals surface area contributed by atoms with Gasteiger partial charge in [-0.15, -0.1) is 0 Å². The fourth-order valence-corrected chi connectivity index (χ4v) is 5.77. The Bertz CT molecular complexity index is 1150. The summed E-state index contributed by atoms with van der Waals surface area (Å²) in [5, 5.41) is 0.648. The van der Waals surface area contributed by atoms with Crippen LogP contribution in [0.15, 0.2) is 46.3 Å². The smallest absolute Gasteiger partial charge is 0.266 e. The zero-order valence-corrected chi connectivity index (χ0v) is 21.1. The maximum Gasteiger partial charge on any atom is 0.266 e. The number of likely N-dealkylation sites (N-methyl/N-ethyl adjacent to an activating group) is 1. The van der Waals surface area contributed by atoms with Gasteiger partial charge in [-0.05, 0) is 92.1 Å². The van der Waals surface area contributed by atoms with E-state index in [0.717, 1.165) is 74.7 Å². The SMILES string of the molecule is CCN1C(=O)/C(=C/c2cc(F)c(N3CCCC3)cc2C)SC1=Nc1ccc(N2CCOCC2)cc1. The molecule has 3 heterocycles. The zero-order chi connectivity index (χ0) is 24.4. The number of amides is 1. The van der Waals surface area contributed by atoms with E-state index < -0.39 is 0 Å². The third-order valence-corrected chi connectivity index (χ3v) is 7.73. The number of aliphatic imine (C=N–C) groups is 1.